The number of hydrogen-bond donors (Lipinski definition) is 1. The molecule has 0 spiro atoms. The average molecular weight is 276 g/mol. The van der Waals surface area contributed by atoms with Gasteiger partial charge in [0.1, 0.15) is 16.4 Å². The normalized spacial score (nSPS) is 11.3. The van der Waals surface area contributed by atoms with E-state index in [1.54, 1.807) is 6.92 Å². The Morgan fingerprint density at radius 1 is 1.42 bits per heavy atom. The molecular weight excluding hydrogens is 264 g/mol. The van der Waals surface area contributed by atoms with Gasteiger partial charge in [-0.3, -0.25) is 4.40 Å². The Morgan fingerprint density at radius 2 is 2.16 bits per heavy atom. The molecule has 0 amide bonds. The molecular formula is C13H12N2O3S. The van der Waals surface area contributed by atoms with Crippen molar-refractivity contribution < 1.29 is 14.3 Å². The summed E-state index contributed by atoms with van der Waals surface area (Å²) in [6.45, 7) is 5.57. The summed E-state index contributed by atoms with van der Waals surface area (Å²) in [5.74, 6) is 0.746. The summed E-state index contributed by atoms with van der Waals surface area (Å²) in [6.07, 6.45) is 1.85. The molecule has 0 atom stereocenters. The van der Waals surface area contributed by atoms with Crippen LogP contribution < -0.4 is 0 Å². The van der Waals surface area contributed by atoms with Crippen molar-refractivity contribution in [2.75, 3.05) is 0 Å². The monoisotopic (exact) mass is 276 g/mol. The molecule has 3 heterocycles. The fraction of sp³-hybridized carbons (Fsp3) is 0.231. The van der Waals surface area contributed by atoms with Gasteiger partial charge in [0.2, 0.25) is 0 Å². The Bertz CT molecular complexity index is 794. The van der Waals surface area contributed by atoms with E-state index in [9.17, 15) is 4.79 Å². The van der Waals surface area contributed by atoms with Crippen LogP contribution in [0.3, 0.4) is 0 Å². The zero-order chi connectivity index (χ0) is 13.7. The third-order valence-corrected chi connectivity index (χ3v) is 4.21. The van der Waals surface area contributed by atoms with Crippen molar-refractivity contribution in [3.05, 3.63) is 34.4 Å². The minimum absolute atomic E-state index is 0.328. The molecule has 19 heavy (non-hydrogen) atoms. The van der Waals surface area contributed by atoms with Crippen LogP contribution in [0.1, 0.15) is 26.9 Å². The van der Waals surface area contributed by atoms with E-state index in [0.717, 1.165) is 22.8 Å². The Morgan fingerprint density at radius 3 is 2.68 bits per heavy atom. The minimum atomic E-state index is -0.912. The van der Waals surface area contributed by atoms with Crippen LogP contribution in [0, 0.1) is 20.8 Å². The molecule has 5 nitrogen and oxygen atoms in total. The molecule has 0 saturated heterocycles. The van der Waals surface area contributed by atoms with E-state index in [4.69, 9.17) is 9.52 Å². The number of fused-ring (bicyclic) bond motifs is 1. The summed E-state index contributed by atoms with van der Waals surface area (Å²) in [6, 6.07) is 1.94. The van der Waals surface area contributed by atoms with E-state index in [2.05, 4.69) is 4.98 Å². The van der Waals surface area contributed by atoms with Crippen molar-refractivity contribution in [1.82, 2.24) is 9.38 Å². The summed E-state index contributed by atoms with van der Waals surface area (Å²) >= 11 is 1.18. The van der Waals surface area contributed by atoms with E-state index in [0.29, 0.717) is 15.5 Å². The van der Waals surface area contributed by atoms with Gasteiger partial charge in [0.05, 0.1) is 5.69 Å². The van der Waals surface area contributed by atoms with E-state index >= 15 is 0 Å². The number of furan rings is 1. The molecule has 3 rings (SSSR count). The summed E-state index contributed by atoms with van der Waals surface area (Å²) in [5, 5.41) is 9.07. The van der Waals surface area contributed by atoms with E-state index in [1.165, 1.54) is 11.3 Å². The van der Waals surface area contributed by atoms with Crippen LogP contribution in [0.25, 0.3) is 16.2 Å². The van der Waals surface area contributed by atoms with Crippen molar-refractivity contribution >= 4 is 22.3 Å². The number of carboxylic acid groups (broad SMARTS) is 1. The maximum Gasteiger partial charge on any atom is 0.347 e. The molecule has 0 unspecified atom stereocenters. The van der Waals surface area contributed by atoms with Crippen LogP contribution in [-0.2, 0) is 0 Å². The summed E-state index contributed by atoms with van der Waals surface area (Å²) < 4.78 is 7.30. The number of carboxylic acids is 1. The van der Waals surface area contributed by atoms with Crippen molar-refractivity contribution in [2.45, 2.75) is 20.8 Å². The lowest BCUT2D eigenvalue weighted by Crippen LogP contribution is -1.96. The van der Waals surface area contributed by atoms with E-state index < -0.39 is 5.97 Å². The van der Waals surface area contributed by atoms with Crippen LogP contribution in [0.2, 0.25) is 0 Å². The van der Waals surface area contributed by atoms with Crippen LogP contribution in [0.15, 0.2) is 16.7 Å². The molecule has 0 radical (unpaired) electrons. The van der Waals surface area contributed by atoms with Gasteiger partial charge in [0.15, 0.2) is 4.96 Å². The van der Waals surface area contributed by atoms with Crippen molar-refractivity contribution in [3.8, 4) is 11.3 Å². The van der Waals surface area contributed by atoms with Gasteiger partial charge in [0, 0.05) is 17.5 Å². The number of carbonyl (C=O) groups is 1. The number of rotatable bonds is 2. The van der Waals surface area contributed by atoms with Gasteiger partial charge in [-0.1, -0.05) is 11.3 Å². The molecule has 0 aliphatic rings. The highest BCUT2D eigenvalue weighted by Gasteiger charge is 2.18. The summed E-state index contributed by atoms with van der Waals surface area (Å²) in [7, 11) is 0. The number of imidazole rings is 1. The number of nitrogens with zero attached hydrogens (tertiary/aromatic N) is 2. The highest BCUT2D eigenvalue weighted by Crippen LogP contribution is 2.30. The first-order chi connectivity index (χ1) is 8.97. The van der Waals surface area contributed by atoms with Crippen LogP contribution in [-0.4, -0.2) is 20.5 Å². The molecule has 0 saturated carbocycles. The SMILES string of the molecule is Cc1cc(-c2cn3c(C)c(C(=O)O)sc3n2)c(C)o1. The first-order valence-electron chi connectivity index (χ1n) is 5.76. The number of hydrogen-bond acceptors (Lipinski definition) is 4. The molecule has 0 aliphatic carbocycles. The van der Waals surface area contributed by atoms with Gasteiger partial charge < -0.3 is 9.52 Å². The number of aromatic nitrogens is 2. The predicted octanol–water partition coefficient (Wildman–Crippen LogP) is 3.28. The molecule has 0 fully saturated rings. The van der Waals surface area contributed by atoms with Gasteiger partial charge in [0.25, 0.3) is 0 Å². The molecule has 6 heteroatoms. The maximum absolute atomic E-state index is 11.1. The average Bonchev–Trinajstić information content (AvgIpc) is 2.94. The maximum atomic E-state index is 11.1. The Balaban J connectivity index is 2.18. The van der Waals surface area contributed by atoms with Gasteiger partial charge in [-0.15, -0.1) is 0 Å². The van der Waals surface area contributed by atoms with Crippen LogP contribution >= 0.6 is 11.3 Å². The molecule has 0 bridgehead atoms. The highest BCUT2D eigenvalue weighted by molar-refractivity contribution is 7.19. The van der Waals surface area contributed by atoms with Crippen LogP contribution in [0.4, 0.5) is 0 Å². The second-order valence-corrected chi connectivity index (χ2v) is 5.40. The lowest BCUT2D eigenvalue weighted by molar-refractivity contribution is 0.0701. The zero-order valence-corrected chi connectivity index (χ0v) is 11.5. The third-order valence-electron chi connectivity index (χ3n) is 3.07. The van der Waals surface area contributed by atoms with Crippen molar-refractivity contribution in [1.29, 1.82) is 0 Å². The number of aromatic carboxylic acids is 1. The molecule has 3 aromatic heterocycles. The lowest BCUT2D eigenvalue weighted by atomic mass is 10.2. The second-order valence-electron chi connectivity index (χ2n) is 4.43. The minimum Gasteiger partial charge on any atom is -0.477 e. The first-order valence-corrected chi connectivity index (χ1v) is 6.58. The summed E-state index contributed by atoms with van der Waals surface area (Å²) in [4.78, 5) is 16.5. The first kappa shape index (κ1) is 12.0. The van der Waals surface area contributed by atoms with Gasteiger partial charge in [-0.2, -0.15) is 0 Å². The molecule has 3 aromatic rings. The Labute approximate surface area is 113 Å². The third kappa shape index (κ3) is 1.76. The zero-order valence-electron chi connectivity index (χ0n) is 10.7. The molecule has 0 aliphatic heterocycles. The predicted molar refractivity (Wildman–Crippen MR) is 71.9 cm³/mol. The fourth-order valence-electron chi connectivity index (χ4n) is 2.16. The molecule has 0 aromatic carbocycles. The molecule has 1 N–H and O–H groups in total. The smallest absolute Gasteiger partial charge is 0.347 e. The van der Waals surface area contributed by atoms with Gasteiger partial charge >= 0.3 is 5.97 Å². The van der Waals surface area contributed by atoms with Crippen molar-refractivity contribution in [3.63, 3.8) is 0 Å². The van der Waals surface area contributed by atoms with Gasteiger partial charge in [-0.25, -0.2) is 9.78 Å². The Hall–Kier alpha value is -2.08. The van der Waals surface area contributed by atoms with E-state index in [-0.39, 0.29) is 0 Å². The largest absolute Gasteiger partial charge is 0.477 e. The van der Waals surface area contributed by atoms with E-state index in [1.807, 2.05) is 30.5 Å². The van der Waals surface area contributed by atoms with Crippen molar-refractivity contribution in [2.24, 2.45) is 0 Å². The van der Waals surface area contributed by atoms with Crippen LogP contribution in [0.5, 0.6) is 0 Å². The quantitative estimate of drug-likeness (QED) is 0.780. The Kier molecular flexibility index (Phi) is 2.50. The number of thiazole rings is 1. The standard InChI is InChI=1S/C13H12N2O3S/c1-6-4-9(8(3)18-6)10-5-15-7(2)11(12(16)17)19-13(15)14-10/h4-5H,1-3H3,(H,16,17). The number of aryl methyl sites for hydroxylation is 3. The lowest BCUT2D eigenvalue weighted by Gasteiger charge is -1.93. The highest BCUT2D eigenvalue weighted by atomic mass is 32.1. The topological polar surface area (TPSA) is 67.7 Å². The molecule has 98 valence electrons. The second kappa shape index (κ2) is 3.96. The van der Waals surface area contributed by atoms with Gasteiger partial charge in [-0.05, 0) is 26.8 Å². The fourth-order valence-corrected chi connectivity index (χ4v) is 3.11. The summed E-state index contributed by atoms with van der Waals surface area (Å²) in [5.41, 5.74) is 2.45.